The van der Waals surface area contributed by atoms with E-state index in [9.17, 15) is 4.79 Å². The van der Waals surface area contributed by atoms with Crippen molar-refractivity contribution in [3.63, 3.8) is 0 Å². The summed E-state index contributed by atoms with van der Waals surface area (Å²) in [6.45, 7) is 2.25. The molecule has 1 aliphatic rings. The summed E-state index contributed by atoms with van der Waals surface area (Å²) in [5, 5.41) is 8.77. The third kappa shape index (κ3) is 4.47. The minimum atomic E-state index is 0.139. The molecule has 1 atom stereocenters. The van der Waals surface area contributed by atoms with E-state index in [0.29, 0.717) is 13.0 Å². The zero-order valence-electron chi connectivity index (χ0n) is 16.7. The Bertz CT molecular complexity index is 786. The van der Waals surface area contributed by atoms with Gasteiger partial charge in [-0.15, -0.1) is 10.2 Å². The standard InChI is InChI=1S/C20H29N5O2/c1-23(2)14-18-21-22-20(24(18)3)16-9-7-11-25(13-16)19(26)12-15-8-5-6-10-17(15)27-4/h5-6,8,10,16H,7,9,11-14H2,1-4H3/t16-/m0/s1. The van der Waals surface area contributed by atoms with Crippen LogP contribution < -0.4 is 4.74 Å². The maximum Gasteiger partial charge on any atom is 0.227 e. The van der Waals surface area contributed by atoms with Gasteiger partial charge in [0.2, 0.25) is 5.91 Å². The predicted molar refractivity (Wildman–Crippen MR) is 104 cm³/mol. The van der Waals surface area contributed by atoms with Crippen LogP contribution >= 0.6 is 0 Å². The van der Waals surface area contributed by atoms with Crippen molar-refractivity contribution in [2.45, 2.75) is 31.7 Å². The molecule has 0 radical (unpaired) electrons. The van der Waals surface area contributed by atoms with E-state index in [1.165, 1.54) is 0 Å². The van der Waals surface area contributed by atoms with Gasteiger partial charge in [0.05, 0.1) is 20.1 Å². The molecule has 0 N–H and O–H groups in total. The number of carbonyl (C=O) groups is 1. The number of piperidine rings is 1. The Morgan fingerprint density at radius 3 is 2.81 bits per heavy atom. The normalized spacial score (nSPS) is 17.4. The number of likely N-dealkylation sites (tertiary alicyclic amines) is 1. The molecule has 0 aliphatic carbocycles. The van der Waals surface area contributed by atoms with Crippen molar-refractivity contribution in [1.82, 2.24) is 24.6 Å². The van der Waals surface area contributed by atoms with Crippen LogP contribution in [0, 0.1) is 0 Å². The Morgan fingerprint density at radius 2 is 2.07 bits per heavy atom. The summed E-state index contributed by atoms with van der Waals surface area (Å²) < 4.78 is 7.46. The first-order valence-electron chi connectivity index (χ1n) is 9.42. The second-order valence-electron chi connectivity index (χ2n) is 7.44. The Labute approximate surface area is 160 Å². The topological polar surface area (TPSA) is 63.5 Å². The van der Waals surface area contributed by atoms with Crippen molar-refractivity contribution >= 4 is 5.91 Å². The molecule has 0 unspecified atom stereocenters. The smallest absolute Gasteiger partial charge is 0.227 e. The lowest BCUT2D eigenvalue weighted by molar-refractivity contribution is -0.131. The predicted octanol–water partition coefficient (Wildman–Crippen LogP) is 1.83. The number of aromatic nitrogens is 3. The molecular weight excluding hydrogens is 342 g/mol. The zero-order valence-corrected chi connectivity index (χ0v) is 16.7. The number of nitrogens with zero attached hydrogens (tertiary/aromatic N) is 5. The summed E-state index contributed by atoms with van der Waals surface area (Å²) in [5.74, 6) is 3.06. The van der Waals surface area contributed by atoms with E-state index >= 15 is 0 Å². The van der Waals surface area contributed by atoms with Crippen LogP contribution in [0.4, 0.5) is 0 Å². The molecule has 2 heterocycles. The molecule has 0 bridgehead atoms. The van der Waals surface area contributed by atoms with Crippen molar-refractivity contribution in [2.24, 2.45) is 7.05 Å². The van der Waals surface area contributed by atoms with Gasteiger partial charge in [-0.05, 0) is 33.0 Å². The number of para-hydroxylation sites is 1. The monoisotopic (exact) mass is 371 g/mol. The third-order valence-corrected chi connectivity index (χ3v) is 5.13. The van der Waals surface area contributed by atoms with E-state index in [-0.39, 0.29) is 11.8 Å². The summed E-state index contributed by atoms with van der Waals surface area (Å²) >= 11 is 0. The van der Waals surface area contributed by atoms with Gasteiger partial charge in [-0.1, -0.05) is 18.2 Å². The van der Waals surface area contributed by atoms with Crippen LogP contribution in [0.15, 0.2) is 24.3 Å². The van der Waals surface area contributed by atoms with Gasteiger partial charge in [-0.25, -0.2) is 0 Å². The SMILES string of the molecule is COc1ccccc1CC(=O)N1CCC[C@H](c2nnc(CN(C)C)n2C)C1. The van der Waals surface area contributed by atoms with E-state index in [2.05, 4.69) is 19.7 Å². The van der Waals surface area contributed by atoms with E-state index < -0.39 is 0 Å². The Hall–Kier alpha value is -2.41. The first-order chi connectivity index (χ1) is 13.0. The molecule has 2 aromatic rings. The summed E-state index contributed by atoms with van der Waals surface area (Å²) in [5.41, 5.74) is 0.930. The number of carbonyl (C=O) groups excluding carboxylic acids is 1. The van der Waals surface area contributed by atoms with Crippen LogP contribution in [-0.2, 0) is 24.8 Å². The van der Waals surface area contributed by atoms with Gasteiger partial charge in [0.1, 0.15) is 17.4 Å². The van der Waals surface area contributed by atoms with E-state index in [1.807, 2.05) is 50.3 Å². The average Bonchev–Trinajstić information content (AvgIpc) is 3.02. The fourth-order valence-electron chi connectivity index (χ4n) is 3.69. The lowest BCUT2D eigenvalue weighted by Gasteiger charge is -2.32. The fourth-order valence-corrected chi connectivity index (χ4v) is 3.69. The highest BCUT2D eigenvalue weighted by Gasteiger charge is 2.28. The quantitative estimate of drug-likeness (QED) is 0.775. The van der Waals surface area contributed by atoms with Crippen LogP contribution in [0.3, 0.4) is 0 Å². The first kappa shape index (κ1) is 19.4. The second-order valence-corrected chi connectivity index (χ2v) is 7.44. The maximum atomic E-state index is 12.9. The molecule has 3 rings (SSSR count). The highest BCUT2D eigenvalue weighted by atomic mass is 16.5. The van der Waals surface area contributed by atoms with E-state index in [1.54, 1.807) is 7.11 Å². The summed E-state index contributed by atoms with van der Waals surface area (Å²) in [4.78, 5) is 16.9. The highest BCUT2D eigenvalue weighted by Crippen LogP contribution is 2.27. The van der Waals surface area contributed by atoms with Crippen LogP contribution in [0.25, 0.3) is 0 Å². The van der Waals surface area contributed by atoms with E-state index in [0.717, 1.165) is 48.9 Å². The van der Waals surface area contributed by atoms with Gasteiger partial charge in [-0.2, -0.15) is 0 Å². The number of methoxy groups -OCH3 is 1. The fraction of sp³-hybridized carbons (Fsp3) is 0.550. The Kier molecular flexibility index (Phi) is 6.11. The molecule has 27 heavy (non-hydrogen) atoms. The first-order valence-corrected chi connectivity index (χ1v) is 9.42. The van der Waals surface area contributed by atoms with Crippen molar-refractivity contribution in [3.05, 3.63) is 41.5 Å². The zero-order chi connectivity index (χ0) is 19.4. The van der Waals surface area contributed by atoms with Crippen LogP contribution in [0.1, 0.15) is 36.0 Å². The number of hydrogen-bond acceptors (Lipinski definition) is 5. The molecule has 0 spiro atoms. The van der Waals surface area contributed by atoms with Gasteiger partial charge in [0.15, 0.2) is 0 Å². The van der Waals surface area contributed by atoms with Crippen molar-refractivity contribution in [1.29, 1.82) is 0 Å². The van der Waals surface area contributed by atoms with Crippen molar-refractivity contribution in [3.8, 4) is 5.75 Å². The molecule has 1 aromatic carbocycles. The third-order valence-electron chi connectivity index (χ3n) is 5.13. The number of amides is 1. The molecular formula is C20H29N5O2. The van der Waals surface area contributed by atoms with Crippen molar-refractivity contribution in [2.75, 3.05) is 34.3 Å². The second kappa shape index (κ2) is 8.52. The minimum Gasteiger partial charge on any atom is -0.496 e. The van der Waals surface area contributed by atoms with Gasteiger partial charge in [0, 0.05) is 31.6 Å². The summed E-state index contributed by atoms with van der Waals surface area (Å²) in [7, 11) is 7.70. The maximum absolute atomic E-state index is 12.9. The number of rotatable bonds is 6. The van der Waals surface area contributed by atoms with Crippen LogP contribution in [0.2, 0.25) is 0 Å². The number of ether oxygens (including phenoxy) is 1. The molecule has 0 saturated carbocycles. The Morgan fingerprint density at radius 1 is 1.30 bits per heavy atom. The van der Waals surface area contributed by atoms with Gasteiger partial charge in [-0.3, -0.25) is 4.79 Å². The highest BCUT2D eigenvalue weighted by molar-refractivity contribution is 5.79. The molecule has 146 valence electrons. The van der Waals surface area contributed by atoms with Crippen LogP contribution in [-0.4, -0.2) is 64.8 Å². The number of hydrogen-bond donors (Lipinski definition) is 0. The van der Waals surface area contributed by atoms with Crippen molar-refractivity contribution < 1.29 is 9.53 Å². The van der Waals surface area contributed by atoms with Gasteiger partial charge < -0.3 is 19.1 Å². The summed E-state index contributed by atoms with van der Waals surface area (Å²) in [6, 6.07) is 7.71. The van der Waals surface area contributed by atoms with E-state index in [4.69, 9.17) is 4.74 Å². The molecule has 7 nitrogen and oxygen atoms in total. The van der Waals surface area contributed by atoms with Crippen LogP contribution in [0.5, 0.6) is 5.75 Å². The minimum absolute atomic E-state index is 0.139. The number of benzene rings is 1. The lowest BCUT2D eigenvalue weighted by Crippen LogP contribution is -2.40. The molecule has 1 saturated heterocycles. The molecule has 7 heteroatoms. The Balaban J connectivity index is 1.69. The largest absolute Gasteiger partial charge is 0.496 e. The molecule has 1 aliphatic heterocycles. The molecule has 1 amide bonds. The summed E-state index contributed by atoms with van der Waals surface area (Å²) in [6.07, 6.45) is 2.38. The van der Waals surface area contributed by atoms with Gasteiger partial charge >= 0.3 is 0 Å². The molecule has 1 fully saturated rings. The van der Waals surface area contributed by atoms with Gasteiger partial charge in [0.25, 0.3) is 0 Å². The average molecular weight is 371 g/mol. The lowest BCUT2D eigenvalue weighted by atomic mass is 9.96. The molecule has 1 aromatic heterocycles.